The summed E-state index contributed by atoms with van der Waals surface area (Å²) in [4.78, 5) is 54.4. The van der Waals surface area contributed by atoms with E-state index in [-0.39, 0.29) is 0 Å². The molecule has 13 heteroatoms. The predicted molar refractivity (Wildman–Crippen MR) is 144 cm³/mol. The van der Waals surface area contributed by atoms with Crippen LogP contribution in [-0.2, 0) is 47.5 Å². The molecule has 2 N–H and O–H groups in total. The number of fused-ring (bicyclic) bond motifs is 2. The summed E-state index contributed by atoms with van der Waals surface area (Å²) in [5.41, 5.74) is -11.5. The van der Waals surface area contributed by atoms with Gasteiger partial charge in [-0.3, -0.25) is 0 Å². The van der Waals surface area contributed by atoms with Crippen LogP contribution in [0, 0.1) is 12.3 Å². The molecule has 2 aliphatic rings. The monoisotopic (exact) mass is 600 g/mol. The van der Waals surface area contributed by atoms with Crippen molar-refractivity contribution in [2.75, 3.05) is 0 Å². The number of ether oxygens (including phenoxy) is 7. The molecule has 2 saturated heterocycles. The summed E-state index contributed by atoms with van der Waals surface area (Å²) < 4.78 is 38.8. The smallest absolute Gasteiger partial charge is 0.458 e. The number of hydrogen-bond donors (Lipinski definition) is 2. The van der Waals surface area contributed by atoms with Gasteiger partial charge in [-0.15, -0.1) is 12.3 Å². The maximum absolute atomic E-state index is 14.0. The van der Waals surface area contributed by atoms with Crippen molar-refractivity contribution in [1.29, 1.82) is 0 Å². The van der Waals surface area contributed by atoms with E-state index in [0.717, 1.165) is 0 Å². The van der Waals surface area contributed by atoms with Crippen molar-refractivity contribution >= 4 is 24.1 Å². The molecule has 0 saturated carbocycles. The van der Waals surface area contributed by atoms with E-state index in [1.54, 1.807) is 20.8 Å². The lowest BCUT2D eigenvalue weighted by molar-refractivity contribution is -0.375. The molecule has 0 aromatic heterocycles. The molecule has 6 atom stereocenters. The van der Waals surface area contributed by atoms with Crippen LogP contribution >= 0.6 is 0 Å². The van der Waals surface area contributed by atoms with Gasteiger partial charge in [0.05, 0.1) is 6.42 Å². The Morgan fingerprint density at radius 1 is 0.786 bits per heavy atom. The fourth-order valence-electron chi connectivity index (χ4n) is 4.43. The van der Waals surface area contributed by atoms with Crippen LogP contribution in [0.4, 0.5) is 4.79 Å². The van der Waals surface area contributed by atoms with Gasteiger partial charge in [0.1, 0.15) is 28.5 Å². The van der Waals surface area contributed by atoms with Crippen LogP contribution in [-0.4, -0.2) is 92.0 Å². The number of esters is 3. The van der Waals surface area contributed by atoms with Gasteiger partial charge in [-0.2, -0.15) is 0 Å². The average molecular weight is 601 g/mol. The third-order valence-corrected chi connectivity index (χ3v) is 5.73. The molecular formula is C29H44O13. The maximum Gasteiger partial charge on any atom is 0.509 e. The Bertz CT molecular complexity index is 1130. The molecule has 0 aliphatic carbocycles. The van der Waals surface area contributed by atoms with E-state index in [9.17, 15) is 29.4 Å². The molecule has 2 rings (SSSR count). The molecule has 0 amide bonds. The third kappa shape index (κ3) is 6.99. The van der Waals surface area contributed by atoms with Crippen LogP contribution in [0.3, 0.4) is 0 Å². The molecule has 0 spiro atoms. The normalized spacial score (nSPS) is 31.4. The summed E-state index contributed by atoms with van der Waals surface area (Å²) in [7, 11) is 0. The number of terminal acetylenes is 1. The lowest BCUT2D eigenvalue weighted by Gasteiger charge is -2.50. The Labute approximate surface area is 246 Å². The first-order valence-corrected chi connectivity index (χ1v) is 13.5. The van der Waals surface area contributed by atoms with Gasteiger partial charge < -0.3 is 43.4 Å². The summed E-state index contributed by atoms with van der Waals surface area (Å²) in [6, 6.07) is 0. The molecule has 2 fully saturated rings. The van der Waals surface area contributed by atoms with Gasteiger partial charge >= 0.3 is 24.1 Å². The Balaban J connectivity index is 2.96. The number of carbonyl (C=O) groups excluding carboxylic acids is 4. The Kier molecular flexibility index (Phi) is 9.22. The minimum Gasteiger partial charge on any atom is -0.458 e. The molecule has 0 aromatic carbocycles. The van der Waals surface area contributed by atoms with E-state index in [2.05, 4.69) is 5.92 Å². The van der Waals surface area contributed by atoms with Gasteiger partial charge in [0, 0.05) is 0 Å². The first kappa shape index (κ1) is 35.3. The van der Waals surface area contributed by atoms with Crippen molar-refractivity contribution in [3.63, 3.8) is 0 Å². The highest BCUT2D eigenvalue weighted by Crippen LogP contribution is 2.56. The average Bonchev–Trinajstić information content (AvgIpc) is 2.93. The van der Waals surface area contributed by atoms with E-state index in [4.69, 9.17) is 39.6 Å². The predicted octanol–water partition coefficient (Wildman–Crippen LogP) is 2.31. The fraction of sp³-hybridized carbons (Fsp3) is 0.793. The Hall–Kier alpha value is -2.92. The second-order valence-corrected chi connectivity index (χ2v) is 14.3. The van der Waals surface area contributed by atoms with Crippen LogP contribution in [0.15, 0.2) is 0 Å². The minimum absolute atomic E-state index is 0.647. The highest BCUT2D eigenvalue weighted by Gasteiger charge is 2.86. The summed E-state index contributed by atoms with van der Waals surface area (Å²) >= 11 is 0. The van der Waals surface area contributed by atoms with Gasteiger partial charge in [-0.05, 0) is 83.1 Å². The summed E-state index contributed by atoms with van der Waals surface area (Å²) in [6.07, 6.45) is -3.25. The molecule has 0 radical (unpaired) electrons. The van der Waals surface area contributed by atoms with Gasteiger partial charge in [0.2, 0.25) is 23.1 Å². The van der Waals surface area contributed by atoms with Gasteiger partial charge in [0.15, 0.2) is 6.10 Å². The second kappa shape index (κ2) is 11.0. The van der Waals surface area contributed by atoms with Crippen molar-refractivity contribution in [1.82, 2.24) is 0 Å². The zero-order chi connectivity index (χ0) is 32.9. The zero-order valence-corrected chi connectivity index (χ0v) is 26.4. The molecule has 0 unspecified atom stereocenters. The molecule has 2 heterocycles. The number of aliphatic hydroxyl groups is 2. The summed E-state index contributed by atoms with van der Waals surface area (Å²) in [6.45, 7) is 18.0. The largest absolute Gasteiger partial charge is 0.509 e. The van der Waals surface area contributed by atoms with Gasteiger partial charge in [0.25, 0.3) is 0 Å². The molecular weight excluding hydrogens is 556 g/mol. The second-order valence-electron chi connectivity index (χ2n) is 14.3. The van der Waals surface area contributed by atoms with Crippen LogP contribution in [0.25, 0.3) is 0 Å². The lowest BCUT2D eigenvalue weighted by atomic mass is 9.74. The van der Waals surface area contributed by atoms with Crippen molar-refractivity contribution in [3.05, 3.63) is 0 Å². The minimum atomic E-state index is -3.46. The van der Waals surface area contributed by atoms with Crippen molar-refractivity contribution in [3.8, 4) is 12.3 Å². The van der Waals surface area contributed by atoms with E-state index >= 15 is 0 Å². The summed E-state index contributed by atoms with van der Waals surface area (Å²) in [5, 5.41) is 24.1. The topological polar surface area (TPSA) is 173 Å². The van der Waals surface area contributed by atoms with Crippen LogP contribution < -0.4 is 0 Å². The first-order chi connectivity index (χ1) is 18.6. The highest BCUT2D eigenvalue weighted by molar-refractivity contribution is 5.99. The van der Waals surface area contributed by atoms with Crippen molar-refractivity contribution < 1.29 is 62.5 Å². The van der Waals surface area contributed by atoms with E-state index in [1.165, 1.54) is 62.3 Å². The number of aliphatic hydroxyl groups excluding tert-OH is 1. The SMILES string of the molecule is C#CC[C@]12O[C@H](C(=O)OC(C)(C)C)[C@@](O)(C(=O)OC(C)(C)C)[C@](C(=O)OC(C)(C)C)(O1)[C@H](O)[C@H]2OC(=O)OC(C)(C)C. The molecule has 13 nitrogen and oxygen atoms in total. The van der Waals surface area contributed by atoms with Gasteiger partial charge in [-0.1, -0.05) is 0 Å². The fourth-order valence-corrected chi connectivity index (χ4v) is 4.43. The van der Waals surface area contributed by atoms with Gasteiger partial charge in [-0.25, -0.2) is 19.2 Å². The van der Waals surface area contributed by atoms with E-state index < -0.39 is 88.2 Å². The summed E-state index contributed by atoms with van der Waals surface area (Å²) in [5.74, 6) is -4.66. The van der Waals surface area contributed by atoms with Crippen molar-refractivity contribution in [2.24, 2.45) is 0 Å². The number of rotatable bonds is 5. The van der Waals surface area contributed by atoms with E-state index in [1.807, 2.05) is 0 Å². The standard InChI is InChI=1S/C29H44O13/c1-14-15-27-17(36-22(34)41-26(11,12)13)16(30)29(42-27,21(33)40-25(8,9)10)28(35,20(32)39-24(5,6)7)18(37-27)19(31)38-23(2,3)4/h1,16-18,30,35H,15H2,2-13H3/t16-,17-,18-,27+,28-,29+/m1/s1. The van der Waals surface area contributed by atoms with Crippen LogP contribution in [0.1, 0.15) is 89.5 Å². The van der Waals surface area contributed by atoms with E-state index in [0.29, 0.717) is 0 Å². The Morgan fingerprint density at radius 3 is 1.67 bits per heavy atom. The first-order valence-electron chi connectivity index (χ1n) is 13.5. The molecule has 2 aliphatic heterocycles. The number of hydrogen-bond acceptors (Lipinski definition) is 13. The van der Waals surface area contributed by atoms with Crippen LogP contribution in [0.5, 0.6) is 0 Å². The molecule has 238 valence electrons. The maximum atomic E-state index is 14.0. The molecule has 42 heavy (non-hydrogen) atoms. The molecule has 0 aromatic rings. The van der Waals surface area contributed by atoms with Crippen molar-refractivity contribution in [2.45, 2.75) is 147 Å². The molecule has 2 bridgehead atoms. The Morgan fingerprint density at radius 2 is 1.24 bits per heavy atom. The number of carbonyl (C=O) groups is 4. The third-order valence-electron chi connectivity index (χ3n) is 5.73. The zero-order valence-electron chi connectivity index (χ0n) is 26.4. The van der Waals surface area contributed by atoms with Crippen LogP contribution in [0.2, 0.25) is 0 Å². The highest BCUT2D eigenvalue weighted by atomic mass is 16.8. The lowest BCUT2D eigenvalue weighted by Crippen LogP contribution is -2.79. The quantitative estimate of drug-likeness (QED) is 0.268.